The molecule has 7 heteroatoms. The molecule has 0 aliphatic carbocycles. The molecule has 126 valence electrons. The fourth-order valence-electron chi connectivity index (χ4n) is 2.70. The van der Waals surface area contributed by atoms with Crippen LogP contribution < -0.4 is 5.32 Å². The molecule has 2 unspecified atom stereocenters. The monoisotopic (exact) mass is 347 g/mol. The van der Waals surface area contributed by atoms with Gasteiger partial charge in [-0.05, 0) is 36.3 Å². The first kappa shape index (κ1) is 16.6. The quantitative estimate of drug-likeness (QED) is 0.828. The van der Waals surface area contributed by atoms with Crippen molar-refractivity contribution in [2.75, 3.05) is 0 Å². The molecule has 2 aliphatic rings. The van der Waals surface area contributed by atoms with Gasteiger partial charge in [-0.15, -0.1) is 11.8 Å². The van der Waals surface area contributed by atoms with Crippen LogP contribution in [-0.4, -0.2) is 33.4 Å². The lowest BCUT2D eigenvalue weighted by atomic mass is 10.1. The van der Waals surface area contributed by atoms with E-state index in [0.29, 0.717) is 18.0 Å². The van der Waals surface area contributed by atoms with Gasteiger partial charge in [-0.1, -0.05) is 19.1 Å². The molecular weight excluding hydrogens is 329 g/mol. The average Bonchev–Trinajstić information content (AvgIpc) is 2.93. The van der Waals surface area contributed by atoms with Gasteiger partial charge in [-0.25, -0.2) is 14.2 Å². The van der Waals surface area contributed by atoms with Crippen LogP contribution in [0, 0.1) is 5.82 Å². The Morgan fingerprint density at radius 2 is 2.21 bits per heavy atom. The molecule has 2 atom stereocenters. The van der Waals surface area contributed by atoms with Gasteiger partial charge in [0.05, 0.1) is 5.70 Å². The number of hydrogen-bond acceptors (Lipinski definition) is 5. The number of fused-ring (bicyclic) bond motifs is 1. The van der Waals surface area contributed by atoms with Crippen molar-refractivity contribution < 1.29 is 14.3 Å². The molecule has 1 aromatic carbocycles. The molecule has 3 rings (SSSR count). The van der Waals surface area contributed by atoms with E-state index in [-0.39, 0.29) is 11.3 Å². The number of dihydropyridines is 1. The second kappa shape index (κ2) is 7.09. The molecule has 2 heterocycles. The molecule has 2 N–H and O–H groups in total. The largest absolute Gasteiger partial charge is 0.480 e. The molecule has 0 aromatic heterocycles. The maximum Gasteiger partial charge on any atom is 0.326 e. The number of carbonyl (C=O) groups is 1. The van der Waals surface area contributed by atoms with Crippen LogP contribution in [0.5, 0.6) is 0 Å². The summed E-state index contributed by atoms with van der Waals surface area (Å²) in [5.74, 6) is 0.176. The first-order chi connectivity index (χ1) is 11.6. The average molecular weight is 347 g/mol. The highest BCUT2D eigenvalue weighted by Crippen LogP contribution is 2.34. The van der Waals surface area contributed by atoms with E-state index in [1.54, 1.807) is 18.3 Å². The van der Waals surface area contributed by atoms with E-state index in [2.05, 4.69) is 10.3 Å². The minimum absolute atomic E-state index is 0.269. The van der Waals surface area contributed by atoms with Crippen LogP contribution in [0.15, 0.2) is 53.3 Å². The van der Waals surface area contributed by atoms with Gasteiger partial charge in [0.2, 0.25) is 0 Å². The Kier molecular flexibility index (Phi) is 4.89. The summed E-state index contributed by atoms with van der Waals surface area (Å²) in [6, 6.07) is 5.67. The third-order valence-corrected chi connectivity index (χ3v) is 5.02. The van der Waals surface area contributed by atoms with Crippen molar-refractivity contribution >= 4 is 23.6 Å². The number of nitrogens with zero attached hydrogens (tertiary/aromatic N) is 2. The molecule has 0 fully saturated rings. The number of nitrogens with one attached hydrogen (secondary N) is 1. The molecular formula is C17H18FN3O2S. The normalized spacial score (nSPS) is 20.1. The summed E-state index contributed by atoms with van der Waals surface area (Å²) in [6.07, 6.45) is 5.96. The van der Waals surface area contributed by atoms with Gasteiger partial charge >= 0.3 is 5.97 Å². The molecule has 0 bridgehead atoms. The van der Waals surface area contributed by atoms with Crippen LogP contribution >= 0.6 is 11.8 Å². The van der Waals surface area contributed by atoms with E-state index in [4.69, 9.17) is 0 Å². The number of halogens is 1. The summed E-state index contributed by atoms with van der Waals surface area (Å²) in [6.45, 7) is 1.85. The highest BCUT2D eigenvalue weighted by molar-refractivity contribution is 7.99. The molecule has 0 spiro atoms. The van der Waals surface area contributed by atoms with Crippen molar-refractivity contribution in [2.45, 2.75) is 30.6 Å². The molecule has 0 amide bonds. The van der Waals surface area contributed by atoms with E-state index in [9.17, 15) is 14.3 Å². The van der Waals surface area contributed by atoms with Gasteiger partial charge < -0.3 is 15.3 Å². The van der Waals surface area contributed by atoms with Crippen molar-refractivity contribution in [2.24, 2.45) is 4.99 Å². The summed E-state index contributed by atoms with van der Waals surface area (Å²) in [5, 5.41) is 12.6. The molecule has 1 aromatic rings. The van der Waals surface area contributed by atoms with E-state index in [1.807, 2.05) is 24.0 Å². The third-order valence-electron chi connectivity index (χ3n) is 3.89. The lowest BCUT2D eigenvalue weighted by Gasteiger charge is -2.31. The predicted octanol–water partition coefficient (Wildman–Crippen LogP) is 2.92. The second-order valence-electron chi connectivity index (χ2n) is 5.47. The van der Waals surface area contributed by atoms with Gasteiger partial charge in [0, 0.05) is 12.0 Å². The Labute approximate surface area is 144 Å². The van der Waals surface area contributed by atoms with Gasteiger partial charge in [-0.2, -0.15) is 0 Å². The van der Waals surface area contributed by atoms with Crippen molar-refractivity contribution in [3.63, 3.8) is 0 Å². The van der Waals surface area contributed by atoms with Gasteiger partial charge in [-0.3, -0.25) is 0 Å². The summed E-state index contributed by atoms with van der Waals surface area (Å²) >= 11 is 1.52. The van der Waals surface area contributed by atoms with Crippen LogP contribution in [-0.2, 0) is 10.5 Å². The van der Waals surface area contributed by atoms with Crippen LogP contribution in [0.2, 0.25) is 0 Å². The fraction of sp³-hybridized carbons (Fsp3) is 0.294. The van der Waals surface area contributed by atoms with E-state index in [0.717, 1.165) is 11.3 Å². The molecule has 0 saturated heterocycles. The topological polar surface area (TPSA) is 64.9 Å². The number of amidine groups is 1. The SMILES string of the molecule is CCC(C(=O)O)N1C2=CC=CNC2=NC1SCc1ccc(F)cc1. The van der Waals surface area contributed by atoms with E-state index < -0.39 is 12.0 Å². The van der Waals surface area contributed by atoms with Crippen LogP contribution in [0.4, 0.5) is 4.39 Å². The Bertz CT molecular complexity index is 715. The zero-order valence-electron chi connectivity index (χ0n) is 13.1. The summed E-state index contributed by atoms with van der Waals surface area (Å²) in [5.41, 5.74) is 1.44. The zero-order chi connectivity index (χ0) is 17.1. The molecule has 0 saturated carbocycles. The Morgan fingerprint density at radius 3 is 2.88 bits per heavy atom. The number of allylic oxidation sites excluding steroid dienone is 2. The zero-order valence-corrected chi connectivity index (χ0v) is 14.0. The molecule has 0 radical (unpaired) electrons. The first-order valence-electron chi connectivity index (χ1n) is 7.69. The summed E-state index contributed by atoms with van der Waals surface area (Å²) < 4.78 is 13.0. The maximum absolute atomic E-state index is 13.0. The van der Waals surface area contributed by atoms with Crippen LogP contribution in [0.3, 0.4) is 0 Å². The standard InChI is InChI=1S/C17H18FN3O2S/c1-2-13(16(22)23)21-14-4-3-9-19-15(14)20-17(21)24-10-11-5-7-12(18)8-6-11/h3-9,13,17H,2,10H2,1H3,(H,19,20)(H,22,23). The van der Waals surface area contributed by atoms with E-state index >= 15 is 0 Å². The predicted molar refractivity (Wildman–Crippen MR) is 92.8 cm³/mol. The van der Waals surface area contributed by atoms with Crippen LogP contribution in [0.1, 0.15) is 18.9 Å². The fourth-order valence-corrected chi connectivity index (χ4v) is 3.84. The maximum atomic E-state index is 13.0. The van der Waals surface area contributed by atoms with Crippen molar-refractivity contribution in [3.8, 4) is 0 Å². The lowest BCUT2D eigenvalue weighted by Crippen LogP contribution is -2.43. The third kappa shape index (κ3) is 3.31. The Balaban J connectivity index is 1.80. The van der Waals surface area contributed by atoms with Gasteiger partial charge in [0.15, 0.2) is 11.3 Å². The number of aliphatic imine (C=N–C) groups is 1. The number of benzene rings is 1. The number of rotatable bonds is 6. The lowest BCUT2D eigenvalue weighted by molar-refractivity contribution is -0.142. The number of aliphatic carboxylic acids is 1. The number of hydrogen-bond donors (Lipinski definition) is 2. The van der Waals surface area contributed by atoms with Crippen LogP contribution in [0.25, 0.3) is 0 Å². The smallest absolute Gasteiger partial charge is 0.326 e. The minimum atomic E-state index is -0.864. The first-order valence-corrected chi connectivity index (χ1v) is 8.73. The Morgan fingerprint density at radius 1 is 1.46 bits per heavy atom. The number of carboxylic acid groups (broad SMARTS) is 1. The second-order valence-corrected chi connectivity index (χ2v) is 6.51. The molecule has 5 nitrogen and oxygen atoms in total. The van der Waals surface area contributed by atoms with E-state index in [1.165, 1.54) is 23.9 Å². The highest BCUT2D eigenvalue weighted by atomic mass is 32.2. The summed E-state index contributed by atoms with van der Waals surface area (Å²) in [7, 11) is 0. The van der Waals surface area contributed by atoms with Crippen molar-refractivity contribution in [3.05, 3.63) is 59.7 Å². The molecule has 24 heavy (non-hydrogen) atoms. The van der Waals surface area contributed by atoms with Gasteiger partial charge in [0.1, 0.15) is 11.9 Å². The minimum Gasteiger partial charge on any atom is -0.480 e. The van der Waals surface area contributed by atoms with Crippen molar-refractivity contribution in [1.82, 2.24) is 10.2 Å². The highest BCUT2D eigenvalue weighted by Gasteiger charge is 2.38. The van der Waals surface area contributed by atoms with Gasteiger partial charge in [0.25, 0.3) is 0 Å². The number of thioether (sulfide) groups is 1. The Hall–Kier alpha value is -2.28. The molecule has 2 aliphatic heterocycles. The number of carboxylic acids is 1. The summed E-state index contributed by atoms with van der Waals surface area (Å²) in [4.78, 5) is 18.1. The van der Waals surface area contributed by atoms with Crippen molar-refractivity contribution in [1.29, 1.82) is 0 Å².